The standard InChI is InChI=1S/C14H14FNO3.C13H18FNO/c1-8(17)13-11(7-12(18)16(2)14(13)19)9-3-5-10(15)6-4-9;1-15-7-6-13(11(8-15)9-16)10-2-4-12(14)5-3-10/h3-6,11,13H,7H2,1-2H3;2-5,11,13,16H,6-9H2,1H3. The Balaban J connectivity index is 0.000000198. The van der Waals surface area contributed by atoms with Gasteiger partial charge in [-0.3, -0.25) is 19.3 Å². The molecule has 0 radical (unpaired) electrons. The minimum Gasteiger partial charge on any atom is -0.396 e. The molecule has 0 spiro atoms. The molecule has 35 heavy (non-hydrogen) atoms. The van der Waals surface area contributed by atoms with E-state index in [9.17, 15) is 28.3 Å². The molecule has 2 heterocycles. The van der Waals surface area contributed by atoms with Crippen molar-refractivity contribution in [2.75, 3.05) is 33.8 Å². The van der Waals surface area contributed by atoms with Gasteiger partial charge in [0.05, 0.1) is 0 Å². The van der Waals surface area contributed by atoms with Crippen molar-refractivity contribution in [2.45, 2.75) is 31.6 Å². The number of benzene rings is 2. The lowest BCUT2D eigenvalue weighted by Crippen LogP contribution is -2.48. The highest BCUT2D eigenvalue weighted by Gasteiger charge is 2.42. The molecule has 2 fully saturated rings. The van der Waals surface area contributed by atoms with Crippen molar-refractivity contribution in [3.63, 3.8) is 0 Å². The highest BCUT2D eigenvalue weighted by Crippen LogP contribution is 2.35. The Morgan fingerprint density at radius 2 is 1.46 bits per heavy atom. The molecule has 2 amide bonds. The largest absolute Gasteiger partial charge is 0.396 e. The van der Waals surface area contributed by atoms with E-state index in [-0.39, 0.29) is 36.5 Å². The smallest absolute Gasteiger partial charge is 0.240 e. The Morgan fingerprint density at radius 1 is 0.943 bits per heavy atom. The van der Waals surface area contributed by atoms with E-state index in [1.54, 1.807) is 0 Å². The second-order valence-corrected chi connectivity index (χ2v) is 9.39. The minimum atomic E-state index is -0.867. The normalized spacial score (nSPS) is 25.1. The first-order valence-corrected chi connectivity index (χ1v) is 11.7. The monoisotopic (exact) mass is 486 g/mol. The first-order valence-electron chi connectivity index (χ1n) is 11.7. The van der Waals surface area contributed by atoms with Crippen LogP contribution in [0.4, 0.5) is 8.78 Å². The molecule has 2 saturated heterocycles. The summed E-state index contributed by atoms with van der Waals surface area (Å²) >= 11 is 0. The van der Waals surface area contributed by atoms with E-state index in [2.05, 4.69) is 11.9 Å². The van der Waals surface area contributed by atoms with Gasteiger partial charge in [0.1, 0.15) is 23.3 Å². The number of ketones is 1. The molecule has 0 saturated carbocycles. The van der Waals surface area contributed by atoms with E-state index in [1.165, 1.54) is 50.4 Å². The molecule has 0 aromatic heterocycles. The fourth-order valence-electron chi connectivity index (χ4n) is 4.97. The number of amides is 2. The van der Waals surface area contributed by atoms with Crippen LogP contribution in [0.25, 0.3) is 0 Å². The molecule has 2 aromatic carbocycles. The number of carbonyl (C=O) groups excluding carboxylic acids is 3. The number of rotatable bonds is 4. The van der Waals surface area contributed by atoms with Crippen LogP contribution in [0.2, 0.25) is 0 Å². The van der Waals surface area contributed by atoms with E-state index in [0.717, 1.165) is 30.0 Å². The van der Waals surface area contributed by atoms with Crippen LogP contribution in [0.3, 0.4) is 0 Å². The summed E-state index contributed by atoms with van der Waals surface area (Å²) in [5, 5.41) is 9.39. The molecule has 2 aromatic rings. The van der Waals surface area contributed by atoms with Crippen molar-refractivity contribution < 1.29 is 28.3 Å². The molecule has 2 aliphatic heterocycles. The van der Waals surface area contributed by atoms with E-state index in [4.69, 9.17) is 0 Å². The van der Waals surface area contributed by atoms with Gasteiger partial charge in [0.2, 0.25) is 11.8 Å². The van der Waals surface area contributed by atoms with Crippen LogP contribution in [0, 0.1) is 23.5 Å². The van der Waals surface area contributed by atoms with Crippen molar-refractivity contribution in [2.24, 2.45) is 11.8 Å². The second kappa shape index (κ2) is 11.6. The zero-order valence-electron chi connectivity index (χ0n) is 20.3. The summed E-state index contributed by atoms with van der Waals surface area (Å²) < 4.78 is 25.8. The number of carbonyl (C=O) groups is 3. The molecule has 0 bridgehead atoms. The number of hydrogen-bond acceptors (Lipinski definition) is 5. The molecule has 2 aliphatic rings. The van der Waals surface area contributed by atoms with Crippen LogP contribution in [0.1, 0.15) is 42.7 Å². The number of Topliss-reactive ketones (excluding diaryl/α,β-unsaturated/α-hetero) is 1. The predicted octanol–water partition coefficient (Wildman–Crippen LogP) is 3.36. The Labute approximate surface area is 204 Å². The average molecular weight is 487 g/mol. The number of aliphatic hydroxyl groups is 1. The molecule has 4 unspecified atom stereocenters. The van der Waals surface area contributed by atoms with Crippen LogP contribution >= 0.6 is 0 Å². The molecule has 6 nitrogen and oxygen atoms in total. The summed E-state index contributed by atoms with van der Waals surface area (Å²) in [6.07, 6.45) is 1.12. The van der Waals surface area contributed by atoms with Gasteiger partial charge in [-0.2, -0.15) is 0 Å². The maximum Gasteiger partial charge on any atom is 0.240 e. The van der Waals surface area contributed by atoms with Crippen molar-refractivity contribution >= 4 is 17.6 Å². The maximum absolute atomic E-state index is 12.9. The van der Waals surface area contributed by atoms with Gasteiger partial charge in [-0.05, 0) is 68.2 Å². The zero-order chi connectivity index (χ0) is 25.7. The van der Waals surface area contributed by atoms with Gasteiger partial charge in [0.25, 0.3) is 0 Å². The minimum absolute atomic E-state index is 0.0815. The Hall–Kier alpha value is -2.97. The van der Waals surface area contributed by atoms with E-state index in [0.29, 0.717) is 11.5 Å². The van der Waals surface area contributed by atoms with E-state index >= 15 is 0 Å². The summed E-state index contributed by atoms with van der Waals surface area (Å²) in [7, 11) is 3.45. The number of halogens is 2. The van der Waals surface area contributed by atoms with Gasteiger partial charge in [-0.1, -0.05) is 24.3 Å². The summed E-state index contributed by atoms with van der Waals surface area (Å²) in [6.45, 7) is 3.49. The molecular weight excluding hydrogens is 454 g/mol. The maximum atomic E-state index is 12.9. The van der Waals surface area contributed by atoms with Gasteiger partial charge in [-0.15, -0.1) is 0 Å². The van der Waals surface area contributed by atoms with Crippen molar-refractivity contribution in [3.05, 3.63) is 71.3 Å². The first kappa shape index (κ1) is 26.6. The van der Waals surface area contributed by atoms with Crippen molar-refractivity contribution in [1.82, 2.24) is 9.80 Å². The fourth-order valence-corrected chi connectivity index (χ4v) is 4.97. The van der Waals surface area contributed by atoms with Crippen LogP contribution in [0.5, 0.6) is 0 Å². The summed E-state index contributed by atoms with van der Waals surface area (Å²) in [4.78, 5) is 38.7. The van der Waals surface area contributed by atoms with Crippen LogP contribution in [0.15, 0.2) is 48.5 Å². The Kier molecular flexibility index (Phi) is 8.86. The first-order chi connectivity index (χ1) is 16.6. The van der Waals surface area contributed by atoms with Crippen LogP contribution < -0.4 is 0 Å². The molecule has 188 valence electrons. The third-order valence-electron chi connectivity index (χ3n) is 6.97. The SMILES string of the molecule is CC(=O)C1C(=O)N(C)C(=O)CC1c1ccc(F)cc1.CN1CCC(c2ccc(F)cc2)C(CO)C1. The highest BCUT2D eigenvalue weighted by molar-refractivity contribution is 6.09. The molecule has 4 atom stereocenters. The van der Waals surface area contributed by atoms with Gasteiger partial charge in [0, 0.05) is 38.5 Å². The van der Waals surface area contributed by atoms with Gasteiger partial charge in [0.15, 0.2) is 0 Å². The van der Waals surface area contributed by atoms with Crippen molar-refractivity contribution in [1.29, 1.82) is 0 Å². The topological polar surface area (TPSA) is 77.9 Å². The lowest BCUT2D eigenvalue weighted by atomic mass is 9.78. The lowest BCUT2D eigenvalue weighted by Gasteiger charge is -2.36. The molecule has 4 rings (SSSR count). The van der Waals surface area contributed by atoms with Gasteiger partial charge >= 0.3 is 0 Å². The third kappa shape index (κ3) is 6.38. The zero-order valence-corrected chi connectivity index (χ0v) is 20.3. The van der Waals surface area contributed by atoms with Crippen LogP contribution in [-0.4, -0.2) is 66.3 Å². The van der Waals surface area contributed by atoms with Crippen molar-refractivity contribution in [3.8, 4) is 0 Å². The Morgan fingerprint density at radius 3 is 1.94 bits per heavy atom. The Bertz CT molecular complexity index is 1040. The number of likely N-dealkylation sites (tertiary alicyclic amines) is 2. The summed E-state index contributed by atoms with van der Waals surface area (Å²) in [5.74, 6) is -2.42. The molecule has 0 aliphatic carbocycles. The van der Waals surface area contributed by atoms with Crippen LogP contribution in [-0.2, 0) is 14.4 Å². The van der Waals surface area contributed by atoms with Gasteiger partial charge in [-0.25, -0.2) is 8.78 Å². The highest BCUT2D eigenvalue weighted by atomic mass is 19.1. The number of aliphatic hydroxyl groups excluding tert-OH is 1. The van der Waals surface area contributed by atoms with Gasteiger partial charge < -0.3 is 10.0 Å². The molecular formula is C27H32F2N2O4. The van der Waals surface area contributed by atoms with E-state index in [1.807, 2.05) is 12.1 Å². The fraction of sp³-hybridized carbons (Fsp3) is 0.444. The predicted molar refractivity (Wildman–Crippen MR) is 128 cm³/mol. The molecule has 1 N–H and O–H groups in total. The second-order valence-electron chi connectivity index (χ2n) is 9.39. The number of imide groups is 1. The number of piperidine rings is 2. The molecule has 8 heteroatoms. The number of nitrogens with zero attached hydrogens (tertiary/aromatic N) is 2. The summed E-state index contributed by atoms with van der Waals surface area (Å²) in [5.41, 5.74) is 1.78. The summed E-state index contributed by atoms with van der Waals surface area (Å²) in [6, 6.07) is 12.2. The van der Waals surface area contributed by atoms with E-state index < -0.39 is 23.6 Å². The third-order valence-corrected chi connectivity index (χ3v) is 6.97. The quantitative estimate of drug-likeness (QED) is 0.530. The average Bonchev–Trinajstić information content (AvgIpc) is 2.83. The lowest BCUT2D eigenvalue weighted by molar-refractivity contribution is -0.153. The number of hydrogen-bond donors (Lipinski definition) is 1.